The van der Waals surface area contributed by atoms with Crippen molar-refractivity contribution in [2.75, 3.05) is 24.7 Å². The van der Waals surface area contributed by atoms with E-state index in [1.807, 2.05) is 32.0 Å². The summed E-state index contributed by atoms with van der Waals surface area (Å²) in [7, 11) is -3.23. The summed E-state index contributed by atoms with van der Waals surface area (Å²) in [6.07, 6.45) is 2.64. The summed E-state index contributed by atoms with van der Waals surface area (Å²) in [5.41, 5.74) is 2.86. The van der Waals surface area contributed by atoms with Gasteiger partial charge in [-0.15, -0.1) is 0 Å². The lowest BCUT2D eigenvalue weighted by Crippen LogP contribution is -2.43. The Morgan fingerprint density at radius 1 is 1.29 bits per heavy atom. The molecule has 6 heteroatoms. The van der Waals surface area contributed by atoms with Gasteiger partial charge in [-0.2, -0.15) is 0 Å². The predicted octanol–water partition coefficient (Wildman–Crippen LogP) is 1.91. The van der Waals surface area contributed by atoms with Crippen molar-refractivity contribution in [1.82, 2.24) is 4.31 Å². The molecule has 1 amide bonds. The van der Waals surface area contributed by atoms with Crippen LogP contribution >= 0.6 is 0 Å². The largest absolute Gasteiger partial charge is 0.325 e. The summed E-state index contributed by atoms with van der Waals surface area (Å²) < 4.78 is 24.6. The van der Waals surface area contributed by atoms with Gasteiger partial charge in [0.1, 0.15) is 0 Å². The number of sulfonamides is 1. The van der Waals surface area contributed by atoms with Crippen LogP contribution in [0.4, 0.5) is 5.69 Å². The summed E-state index contributed by atoms with van der Waals surface area (Å²) in [5, 5.41) is 2.96. The van der Waals surface area contributed by atoms with E-state index in [1.165, 1.54) is 10.6 Å². The van der Waals surface area contributed by atoms with E-state index in [0.29, 0.717) is 6.54 Å². The number of para-hydroxylation sites is 1. The molecule has 1 aromatic rings. The maximum Gasteiger partial charge on any atom is 0.228 e. The first-order valence-electron chi connectivity index (χ1n) is 7.11. The molecule has 1 N–H and O–H groups in total. The molecule has 1 fully saturated rings. The molecule has 2 rings (SSSR count). The van der Waals surface area contributed by atoms with Crippen LogP contribution in [0.15, 0.2) is 18.2 Å². The molecule has 0 radical (unpaired) electrons. The molecule has 1 aromatic carbocycles. The van der Waals surface area contributed by atoms with Gasteiger partial charge < -0.3 is 5.32 Å². The number of benzene rings is 1. The van der Waals surface area contributed by atoms with Crippen molar-refractivity contribution in [2.45, 2.75) is 26.7 Å². The smallest absolute Gasteiger partial charge is 0.228 e. The van der Waals surface area contributed by atoms with E-state index in [1.54, 1.807) is 0 Å². The van der Waals surface area contributed by atoms with E-state index in [2.05, 4.69) is 5.32 Å². The second kappa shape index (κ2) is 6.15. The molecular weight excluding hydrogens is 288 g/mol. The summed E-state index contributed by atoms with van der Waals surface area (Å²) in [5.74, 6) is -0.381. The van der Waals surface area contributed by atoms with E-state index in [9.17, 15) is 13.2 Å². The van der Waals surface area contributed by atoms with E-state index in [-0.39, 0.29) is 18.4 Å². The van der Waals surface area contributed by atoms with Crippen LogP contribution in [0.25, 0.3) is 0 Å². The number of piperidine rings is 1. The van der Waals surface area contributed by atoms with Crippen LogP contribution < -0.4 is 5.32 Å². The minimum atomic E-state index is -3.23. The molecule has 0 spiro atoms. The molecule has 1 aliphatic heterocycles. The van der Waals surface area contributed by atoms with Gasteiger partial charge in [-0.25, -0.2) is 12.7 Å². The van der Waals surface area contributed by atoms with Crippen LogP contribution in [0.3, 0.4) is 0 Å². The Bertz CT molecular complexity index is 620. The number of hydrogen-bond donors (Lipinski definition) is 1. The van der Waals surface area contributed by atoms with Crippen molar-refractivity contribution in [3.05, 3.63) is 29.3 Å². The standard InChI is InChI=1S/C15H22N2O3S/c1-11-6-4-7-12(2)14(11)16-15(18)13-8-5-9-17(10-13)21(3,19)20/h4,6-7,13H,5,8-10H2,1-3H3,(H,16,18). The van der Waals surface area contributed by atoms with Crippen molar-refractivity contribution in [1.29, 1.82) is 0 Å². The second-order valence-corrected chi connectivity index (χ2v) is 7.70. The molecule has 21 heavy (non-hydrogen) atoms. The van der Waals surface area contributed by atoms with Crippen molar-refractivity contribution in [2.24, 2.45) is 5.92 Å². The quantitative estimate of drug-likeness (QED) is 0.927. The van der Waals surface area contributed by atoms with Crippen LogP contribution in [0.2, 0.25) is 0 Å². The molecule has 1 atom stereocenters. The van der Waals surface area contributed by atoms with Crippen LogP contribution in [0, 0.1) is 19.8 Å². The zero-order chi connectivity index (χ0) is 15.6. The summed E-state index contributed by atoms with van der Waals surface area (Å²) in [6, 6.07) is 5.85. The molecule has 1 unspecified atom stereocenters. The minimum Gasteiger partial charge on any atom is -0.325 e. The number of carbonyl (C=O) groups excluding carboxylic acids is 1. The topological polar surface area (TPSA) is 66.5 Å². The molecule has 1 heterocycles. The molecule has 1 aliphatic rings. The fraction of sp³-hybridized carbons (Fsp3) is 0.533. The Balaban J connectivity index is 2.10. The van der Waals surface area contributed by atoms with Crippen LogP contribution in [0.1, 0.15) is 24.0 Å². The third-order valence-electron chi connectivity index (χ3n) is 3.95. The number of nitrogens with one attached hydrogen (secondary N) is 1. The summed E-state index contributed by atoms with van der Waals surface area (Å²) in [4.78, 5) is 12.4. The molecule has 5 nitrogen and oxygen atoms in total. The zero-order valence-electron chi connectivity index (χ0n) is 12.7. The fourth-order valence-electron chi connectivity index (χ4n) is 2.69. The number of carbonyl (C=O) groups is 1. The minimum absolute atomic E-state index is 0.0965. The van der Waals surface area contributed by atoms with Gasteiger partial charge in [-0.05, 0) is 37.8 Å². The Labute approximate surface area is 126 Å². The maximum atomic E-state index is 12.4. The van der Waals surface area contributed by atoms with Crippen molar-refractivity contribution < 1.29 is 13.2 Å². The van der Waals surface area contributed by atoms with Gasteiger partial charge in [0.25, 0.3) is 0 Å². The van der Waals surface area contributed by atoms with Gasteiger partial charge in [0.2, 0.25) is 15.9 Å². The fourth-order valence-corrected chi connectivity index (χ4v) is 3.61. The van der Waals surface area contributed by atoms with Crippen molar-refractivity contribution >= 4 is 21.6 Å². The number of aryl methyl sites for hydroxylation is 2. The predicted molar refractivity (Wildman–Crippen MR) is 83.7 cm³/mol. The Hall–Kier alpha value is -1.40. The number of nitrogens with zero attached hydrogens (tertiary/aromatic N) is 1. The SMILES string of the molecule is Cc1cccc(C)c1NC(=O)C1CCCN(S(C)(=O)=O)C1. The van der Waals surface area contributed by atoms with E-state index < -0.39 is 10.0 Å². The normalized spacial score (nSPS) is 20.2. The summed E-state index contributed by atoms with van der Waals surface area (Å²) >= 11 is 0. The van der Waals surface area contributed by atoms with E-state index >= 15 is 0 Å². The Morgan fingerprint density at radius 2 is 1.90 bits per heavy atom. The monoisotopic (exact) mass is 310 g/mol. The first kappa shape index (κ1) is 16.0. The number of rotatable bonds is 3. The Kier molecular flexibility index (Phi) is 4.68. The Morgan fingerprint density at radius 3 is 2.48 bits per heavy atom. The van der Waals surface area contributed by atoms with Crippen molar-refractivity contribution in [3.8, 4) is 0 Å². The number of hydrogen-bond acceptors (Lipinski definition) is 3. The van der Waals surface area contributed by atoms with Gasteiger partial charge in [0.05, 0.1) is 12.2 Å². The third-order valence-corrected chi connectivity index (χ3v) is 5.22. The average molecular weight is 310 g/mol. The molecular formula is C15H22N2O3S. The van der Waals surface area contributed by atoms with E-state index in [0.717, 1.165) is 29.7 Å². The van der Waals surface area contributed by atoms with Gasteiger partial charge >= 0.3 is 0 Å². The maximum absolute atomic E-state index is 12.4. The lowest BCUT2D eigenvalue weighted by molar-refractivity contribution is -0.120. The van der Waals surface area contributed by atoms with Crippen molar-refractivity contribution in [3.63, 3.8) is 0 Å². The lowest BCUT2D eigenvalue weighted by atomic mass is 9.98. The molecule has 0 bridgehead atoms. The van der Waals surface area contributed by atoms with Crippen LogP contribution in [0.5, 0.6) is 0 Å². The van der Waals surface area contributed by atoms with Gasteiger partial charge in [0.15, 0.2) is 0 Å². The van der Waals surface area contributed by atoms with Gasteiger partial charge in [-0.1, -0.05) is 18.2 Å². The van der Waals surface area contributed by atoms with Crippen LogP contribution in [-0.4, -0.2) is 38.0 Å². The average Bonchev–Trinajstić information content (AvgIpc) is 2.42. The highest BCUT2D eigenvalue weighted by Crippen LogP contribution is 2.23. The van der Waals surface area contributed by atoms with Gasteiger partial charge in [0, 0.05) is 18.8 Å². The van der Waals surface area contributed by atoms with E-state index in [4.69, 9.17) is 0 Å². The first-order valence-corrected chi connectivity index (χ1v) is 8.96. The highest BCUT2D eigenvalue weighted by atomic mass is 32.2. The van der Waals surface area contributed by atoms with Gasteiger partial charge in [-0.3, -0.25) is 4.79 Å². The lowest BCUT2D eigenvalue weighted by Gasteiger charge is -2.30. The highest BCUT2D eigenvalue weighted by molar-refractivity contribution is 7.88. The molecule has 116 valence electrons. The molecule has 0 aliphatic carbocycles. The zero-order valence-corrected chi connectivity index (χ0v) is 13.5. The second-order valence-electron chi connectivity index (χ2n) is 5.72. The molecule has 0 aromatic heterocycles. The third kappa shape index (κ3) is 3.83. The molecule has 1 saturated heterocycles. The number of amides is 1. The highest BCUT2D eigenvalue weighted by Gasteiger charge is 2.30. The summed E-state index contributed by atoms with van der Waals surface area (Å²) in [6.45, 7) is 4.68. The first-order chi connectivity index (χ1) is 9.79. The number of anilines is 1. The van der Waals surface area contributed by atoms with Crippen LogP contribution in [-0.2, 0) is 14.8 Å². The molecule has 0 saturated carbocycles.